The molecule has 0 aliphatic rings. The molecule has 0 saturated heterocycles. The topological polar surface area (TPSA) is 85.7 Å². The van der Waals surface area contributed by atoms with Crippen molar-refractivity contribution in [2.75, 3.05) is 19.0 Å². The van der Waals surface area contributed by atoms with Crippen LogP contribution in [0.1, 0.15) is 13.3 Å². The Hall–Kier alpha value is -1.48. The molecule has 0 aliphatic carbocycles. The van der Waals surface area contributed by atoms with Crippen molar-refractivity contribution in [3.05, 3.63) is 6.33 Å². The highest BCUT2D eigenvalue weighted by molar-refractivity contribution is 8.00. The van der Waals surface area contributed by atoms with E-state index in [2.05, 4.69) is 36.5 Å². The van der Waals surface area contributed by atoms with Crippen molar-refractivity contribution >= 4 is 29.2 Å². The lowest BCUT2D eigenvalue weighted by Gasteiger charge is -2.05. The van der Waals surface area contributed by atoms with Crippen molar-refractivity contribution in [1.29, 1.82) is 0 Å². The molecule has 9 heteroatoms. The van der Waals surface area contributed by atoms with Gasteiger partial charge in [-0.25, -0.2) is 4.98 Å². The molecule has 96 valence electrons. The Balaban J connectivity index is 2.17. The maximum absolute atomic E-state index is 5.05. The highest BCUT2D eigenvalue weighted by atomic mass is 32.2. The lowest BCUT2D eigenvalue weighted by atomic mass is 10.5. The molecule has 0 spiro atoms. The summed E-state index contributed by atoms with van der Waals surface area (Å²) in [5.74, 6) is 0.510. The van der Waals surface area contributed by atoms with Crippen molar-refractivity contribution in [1.82, 2.24) is 24.3 Å². The molecule has 0 aliphatic heterocycles. The molecule has 1 N–H and O–H groups in total. The minimum atomic E-state index is 0.288. The van der Waals surface area contributed by atoms with E-state index >= 15 is 0 Å². The van der Waals surface area contributed by atoms with Gasteiger partial charge in [-0.2, -0.15) is 19.3 Å². The van der Waals surface area contributed by atoms with E-state index in [9.17, 15) is 0 Å². The lowest BCUT2D eigenvalue weighted by molar-refractivity contribution is 0.373. The van der Waals surface area contributed by atoms with Gasteiger partial charge in [0, 0.05) is 6.54 Å². The highest BCUT2D eigenvalue weighted by Gasteiger charge is 2.09. The molecule has 2 aromatic rings. The minimum absolute atomic E-state index is 0.288. The monoisotopic (exact) mass is 284 g/mol. The van der Waals surface area contributed by atoms with Gasteiger partial charge in [-0.05, 0) is 29.7 Å². The molecule has 0 fully saturated rings. The minimum Gasteiger partial charge on any atom is -0.467 e. The molecule has 0 radical (unpaired) electrons. The number of nitrogens with zero attached hydrogens (tertiary/aromatic N) is 5. The van der Waals surface area contributed by atoms with Crippen LogP contribution in [0.3, 0.4) is 0 Å². The first-order valence-corrected chi connectivity index (χ1v) is 6.89. The third-order valence-electron chi connectivity index (χ3n) is 1.83. The molecule has 2 rings (SSSR count). The molecule has 2 heterocycles. The van der Waals surface area contributed by atoms with E-state index in [4.69, 9.17) is 4.74 Å². The summed E-state index contributed by atoms with van der Waals surface area (Å²) in [5, 5.41) is 3.64. The van der Waals surface area contributed by atoms with Crippen molar-refractivity contribution in [3.63, 3.8) is 0 Å². The molecule has 0 aromatic carbocycles. The largest absolute Gasteiger partial charge is 0.467 e. The number of anilines is 1. The number of methoxy groups -OCH3 is 1. The number of aromatic nitrogens is 5. The summed E-state index contributed by atoms with van der Waals surface area (Å²) in [5.41, 5.74) is 0. The molecule has 2 aromatic heterocycles. The Morgan fingerprint density at radius 3 is 2.94 bits per heavy atom. The summed E-state index contributed by atoms with van der Waals surface area (Å²) >= 11 is 2.63. The number of hydrogen-bond donors (Lipinski definition) is 1. The number of hydrogen-bond acceptors (Lipinski definition) is 9. The zero-order chi connectivity index (χ0) is 12.8. The summed E-state index contributed by atoms with van der Waals surface area (Å²) in [6.45, 7) is 2.87. The van der Waals surface area contributed by atoms with Gasteiger partial charge in [0.15, 0.2) is 4.34 Å². The van der Waals surface area contributed by atoms with Crippen LogP contribution < -0.4 is 10.1 Å². The second kappa shape index (κ2) is 6.45. The van der Waals surface area contributed by atoms with Crippen LogP contribution in [0.4, 0.5) is 5.95 Å². The number of nitrogens with one attached hydrogen (secondary N) is 1. The third-order valence-corrected chi connectivity index (χ3v) is 3.41. The van der Waals surface area contributed by atoms with Crippen LogP contribution in [-0.4, -0.2) is 38.0 Å². The van der Waals surface area contributed by atoms with Crippen LogP contribution in [0.5, 0.6) is 6.01 Å². The molecular formula is C9H12N6OS2. The normalized spacial score (nSPS) is 10.3. The van der Waals surface area contributed by atoms with Crippen LogP contribution in [-0.2, 0) is 0 Å². The molecule has 7 nitrogen and oxygen atoms in total. The van der Waals surface area contributed by atoms with E-state index in [1.807, 2.05) is 0 Å². The van der Waals surface area contributed by atoms with E-state index in [1.54, 1.807) is 0 Å². The van der Waals surface area contributed by atoms with E-state index in [0.717, 1.165) is 17.3 Å². The summed E-state index contributed by atoms with van der Waals surface area (Å²) in [4.78, 5) is 16.6. The van der Waals surface area contributed by atoms with Gasteiger partial charge >= 0.3 is 6.01 Å². The van der Waals surface area contributed by atoms with Crippen LogP contribution >= 0.6 is 23.3 Å². The highest BCUT2D eigenvalue weighted by Crippen LogP contribution is 2.26. The Labute approximate surface area is 113 Å². The molecule has 0 amide bonds. The first kappa shape index (κ1) is 13.0. The fourth-order valence-corrected chi connectivity index (χ4v) is 2.37. The summed E-state index contributed by atoms with van der Waals surface area (Å²) in [7, 11) is 1.53. The van der Waals surface area contributed by atoms with Crippen LogP contribution in [0, 0.1) is 0 Å². The van der Waals surface area contributed by atoms with Crippen LogP contribution in [0.15, 0.2) is 15.8 Å². The van der Waals surface area contributed by atoms with Crippen LogP contribution in [0.2, 0.25) is 0 Å². The molecular weight excluding hydrogens is 272 g/mol. The predicted molar refractivity (Wildman–Crippen MR) is 69.2 cm³/mol. The zero-order valence-electron chi connectivity index (χ0n) is 9.95. The van der Waals surface area contributed by atoms with E-state index in [0.29, 0.717) is 11.1 Å². The molecule has 18 heavy (non-hydrogen) atoms. The number of rotatable bonds is 6. The summed E-state index contributed by atoms with van der Waals surface area (Å²) in [6.07, 6.45) is 2.49. The maximum Gasteiger partial charge on any atom is 0.321 e. The second-order valence-corrected chi connectivity index (χ2v) is 5.16. The van der Waals surface area contributed by atoms with Gasteiger partial charge in [-0.1, -0.05) is 6.92 Å². The smallest absolute Gasteiger partial charge is 0.321 e. The Kier molecular flexibility index (Phi) is 4.65. The molecule has 0 bridgehead atoms. The number of ether oxygens (including phenoxy) is 1. The van der Waals surface area contributed by atoms with Gasteiger partial charge in [-0.3, -0.25) is 0 Å². The first-order chi connectivity index (χ1) is 8.81. The lowest BCUT2D eigenvalue weighted by Crippen LogP contribution is -2.07. The van der Waals surface area contributed by atoms with Crippen molar-refractivity contribution in [2.45, 2.75) is 22.8 Å². The van der Waals surface area contributed by atoms with Crippen molar-refractivity contribution in [2.24, 2.45) is 0 Å². The summed E-state index contributed by atoms with van der Waals surface area (Å²) in [6, 6.07) is 0.288. The standard InChI is InChI=1S/C9H12N6OS2/c1-3-4-10-6-13-7(16-2)15-8(14-6)17-9-11-5-12-18-9/h5H,3-4H2,1-2H3,(H,10,13,14,15). The van der Waals surface area contributed by atoms with Crippen molar-refractivity contribution < 1.29 is 4.74 Å². The average molecular weight is 284 g/mol. The fraction of sp³-hybridized carbons (Fsp3) is 0.444. The molecule has 0 saturated carbocycles. The van der Waals surface area contributed by atoms with Gasteiger partial charge in [0.05, 0.1) is 7.11 Å². The predicted octanol–water partition coefficient (Wildman–Crippen LogP) is 1.70. The van der Waals surface area contributed by atoms with Gasteiger partial charge in [0.25, 0.3) is 0 Å². The van der Waals surface area contributed by atoms with Gasteiger partial charge in [-0.15, -0.1) is 0 Å². The van der Waals surface area contributed by atoms with Gasteiger partial charge in [0.2, 0.25) is 11.1 Å². The van der Waals surface area contributed by atoms with E-state index < -0.39 is 0 Å². The third kappa shape index (κ3) is 3.50. The second-order valence-electron chi connectivity index (χ2n) is 3.16. The average Bonchev–Trinajstić information content (AvgIpc) is 2.89. The SMILES string of the molecule is CCCNc1nc(OC)nc(Sc2ncns2)n1. The Bertz CT molecular complexity index is 492. The Morgan fingerprint density at radius 1 is 1.39 bits per heavy atom. The van der Waals surface area contributed by atoms with E-state index in [1.165, 1.54) is 36.7 Å². The first-order valence-electron chi connectivity index (χ1n) is 5.30. The van der Waals surface area contributed by atoms with Crippen LogP contribution in [0.25, 0.3) is 0 Å². The van der Waals surface area contributed by atoms with Gasteiger partial charge in [0.1, 0.15) is 6.33 Å². The van der Waals surface area contributed by atoms with Gasteiger partial charge < -0.3 is 10.1 Å². The molecule has 0 unspecified atom stereocenters. The van der Waals surface area contributed by atoms with E-state index in [-0.39, 0.29) is 6.01 Å². The maximum atomic E-state index is 5.05. The quantitative estimate of drug-likeness (QED) is 0.858. The Morgan fingerprint density at radius 2 is 2.28 bits per heavy atom. The fourth-order valence-electron chi connectivity index (χ4n) is 1.08. The zero-order valence-corrected chi connectivity index (χ0v) is 11.6. The molecule has 0 atom stereocenters. The van der Waals surface area contributed by atoms with Crippen molar-refractivity contribution in [3.8, 4) is 6.01 Å². The summed E-state index contributed by atoms with van der Waals surface area (Å²) < 4.78 is 9.75.